The van der Waals surface area contributed by atoms with Crippen LogP contribution in [0.2, 0.25) is 5.02 Å². The lowest BCUT2D eigenvalue weighted by atomic mass is 10.4. The summed E-state index contributed by atoms with van der Waals surface area (Å²) in [5.74, 6) is 0. The van der Waals surface area contributed by atoms with Crippen LogP contribution in [0.3, 0.4) is 0 Å². The van der Waals surface area contributed by atoms with Crippen LogP contribution in [0.5, 0.6) is 0 Å². The maximum atomic E-state index is 5.60. The molecule has 3 heteroatoms. The Morgan fingerprint density at radius 3 is 2.18 bits per heavy atom. The summed E-state index contributed by atoms with van der Waals surface area (Å²) in [5, 5.41) is 0.748. The lowest BCUT2D eigenvalue weighted by Crippen LogP contribution is -1.75. The van der Waals surface area contributed by atoms with Gasteiger partial charge in [0.15, 0.2) is 0 Å². The van der Waals surface area contributed by atoms with E-state index in [-0.39, 0.29) is 24.0 Å². The fourth-order valence-corrected chi connectivity index (χ4v) is 0.725. The monoisotopic (exact) mass is 285 g/mol. The molecular weight excluding hydrogens is 272 g/mol. The highest BCUT2D eigenvalue weighted by Gasteiger charge is 1.84. The molecule has 0 atom stereocenters. The van der Waals surface area contributed by atoms with Gasteiger partial charge in [-0.2, -0.15) is 0 Å². The Hall–Kier alpha value is 0.170. The van der Waals surface area contributed by atoms with E-state index in [2.05, 4.69) is 4.98 Å². The van der Waals surface area contributed by atoms with Crippen LogP contribution in [-0.4, -0.2) is 4.98 Å². The van der Waals surface area contributed by atoms with Crippen LogP contribution >= 0.6 is 35.6 Å². The summed E-state index contributed by atoms with van der Waals surface area (Å²) in [7, 11) is 0. The van der Waals surface area contributed by atoms with Crippen molar-refractivity contribution in [2.45, 2.75) is 20.8 Å². The predicted molar refractivity (Wildman–Crippen MR) is 60.7 cm³/mol. The minimum Gasteiger partial charge on any atom is -0.262 e. The first-order valence-corrected chi connectivity index (χ1v) is 3.75. The van der Waals surface area contributed by atoms with Crippen molar-refractivity contribution < 1.29 is 0 Å². The van der Waals surface area contributed by atoms with Gasteiger partial charge in [0.25, 0.3) is 0 Å². The Labute approximate surface area is 90.2 Å². The van der Waals surface area contributed by atoms with Gasteiger partial charge in [0.05, 0.1) is 0 Å². The molecule has 1 aromatic rings. The quantitative estimate of drug-likeness (QED) is 0.663. The molecule has 0 aliphatic carbocycles. The molecule has 11 heavy (non-hydrogen) atoms. The molecule has 0 N–H and O–H groups in total. The molecule has 0 bridgehead atoms. The zero-order chi connectivity index (χ0) is 7.98. The summed E-state index contributed by atoms with van der Waals surface area (Å²) in [6.07, 6.45) is 1.69. The third-order valence-electron chi connectivity index (χ3n) is 0.859. The predicted octanol–water partition coefficient (Wildman–Crippen LogP) is 3.69. The van der Waals surface area contributed by atoms with Gasteiger partial charge >= 0.3 is 0 Å². The molecular formula is C8H13ClIN. The van der Waals surface area contributed by atoms with Crippen molar-refractivity contribution in [2.24, 2.45) is 0 Å². The molecule has 1 rings (SSSR count). The number of aryl methyl sites for hydroxylation is 1. The highest BCUT2D eigenvalue weighted by Crippen LogP contribution is 2.05. The van der Waals surface area contributed by atoms with Crippen molar-refractivity contribution >= 4 is 35.6 Å². The van der Waals surface area contributed by atoms with E-state index < -0.39 is 0 Å². The average Bonchev–Trinajstić information content (AvgIpc) is 1.91. The second-order valence-electron chi connectivity index (χ2n) is 1.62. The number of pyridine rings is 1. The van der Waals surface area contributed by atoms with Crippen LogP contribution < -0.4 is 0 Å². The molecule has 64 valence electrons. The molecule has 1 nitrogen and oxygen atoms in total. The molecule has 0 saturated carbocycles. The van der Waals surface area contributed by atoms with Crippen LogP contribution in [0.1, 0.15) is 19.5 Å². The Morgan fingerprint density at radius 1 is 1.36 bits per heavy atom. The second kappa shape index (κ2) is 8.27. The lowest BCUT2D eigenvalue weighted by Gasteiger charge is -1.88. The number of nitrogens with zero attached hydrogens (tertiary/aromatic N) is 1. The van der Waals surface area contributed by atoms with E-state index in [4.69, 9.17) is 11.6 Å². The minimum absolute atomic E-state index is 0. The molecule has 0 radical (unpaired) electrons. The maximum absolute atomic E-state index is 5.60. The highest BCUT2D eigenvalue weighted by molar-refractivity contribution is 14.0. The summed E-state index contributed by atoms with van der Waals surface area (Å²) in [6, 6.07) is 3.58. The third-order valence-corrected chi connectivity index (χ3v) is 1.09. The Balaban J connectivity index is 0. The van der Waals surface area contributed by atoms with Gasteiger partial charge in [-0.25, -0.2) is 0 Å². The maximum Gasteiger partial charge on any atom is 0.0439 e. The van der Waals surface area contributed by atoms with Gasteiger partial charge in [-0.3, -0.25) is 4.98 Å². The molecule has 0 fully saturated rings. The van der Waals surface area contributed by atoms with E-state index in [9.17, 15) is 0 Å². The van der Waals surface area contributed by atoms with E-state index in [0.29, 0.717) is 0 Å². The number of halogens is 2. The van der Waals surface area contributed by atoms with Crippen molar-refractivity contribution in [3.63, 3.8) is 0 Å². The molecule has 0 spiro atoms. The zero-order valence-corrected chi connectivity index (χ0v) is 10.1. The summed E-state index contributed by atoms with van der Waals surface area (Å²) < 4.78 is 0. The van der Waals surface area contributed by atoms with Gasteiger partial charge in [0, 0.05) is 16.9 Å². The topological polar surface area (TPSA) is 12.9 Å². The third kappa shape index (κ3) is 6.56. The van der Waals surface area contributed by atoms with Gasteiger partial charge in [-0.05, 0) is 19.1 Å². The van der Waals surface area contributed by atoms with Crippen molar-refractivity contribution in [3.8, 4) is 0 Å². The first kappa shape index (κ1) is 13.7. The van der Waals surface area contributed by atoms with Gasteiger partial charge in [-0.1, -0.05) is 25.4 Å². The standard InChI is InChI=1S/C6H6ClN.C2H6.HI/c1-5-4-6(7)2-3-8-5;1-2;/h2-4H,1H3;1-2H3;1H. The number of aromatic nitrogens is 1. The highest BCUT2D eigenvalue weighted by atomic mass is 127. The molecule has 0 amide bonds. The molecule has 1 aromatic heterocycles. The van der Waals surface area contributed by atoms with Crippen molar-refractivity contribution in [1.29, 1.82) is 0 Å². The van der Waals surface area contributed by atoms with Crippen LogP contribution in [0.15, 0.2) is 18.3 Å². The first-order chi connectivity index (χ1) is 4.79. The van der Waals surface area contributed by atoms with Crippen LogP contribution in [0, 0.1) is 6.92 Å². The number of hydrogen-bond donors (Lipinski definition) is 0. The summed E-state index contributed by atoms with van der Waals surface area (Å²) >= 11 is 5.60. The number of hydrogen-bond acceptors (Lipinski definition) is 1. The zero-order valence-electron chi connectivity index (χ0n) is 6.97. The van der Waals surface area contributed by atoms with Gasteiger partial charge < -0.3 is 0 Å². The van der Waals surface area contributed by atoms with Crippen molar-refractivity contribution in [1.82, 2.24) is 4.98 Å². The molecule has 0 aliphatic rings. The fourth-order valence-electron chi connectivity index (χ4n) is 0.511. The molecule has 1 heterocycles. The smallest absolute Gasteiger partial charge is 0.0439 e. The van der Waals surface area contributed by atoms with E-state index in [1.807, 2.05) is 26.8 Å². The average molecular weight is 286 g/mol. The van der Waals surface area contributed by atoms with Gasteiger partial charge in [0.1, 0.15) is 0 Å². The minimum atomic E-state index is 0. The lowest BCUT2D eigenvalue weighted by molar-refractivity contribution is 1.20. The summed E-state index contributed by atoms with van der Waals surface area (Å²) in [6.45, 7) is 5.91. The SMILES string of the molecule is CC.Cc1cc(Cl)ccn1.I. The Bertz CT molecular complexity index is 174. The van der Waals surface area contributed by atoms with Gasteiger partial charge in [-0.15, -0.1) is 24.0 Å². The van der Waals surface area contributed by atoms with E-state index in [0.717, 1.165) is 10.7 Å². The largest absolute Gasteiger partial charge is 0.262 e. The van der Waals surface area contributed by atoms with E-state index in [1.165, 1.54) is 0 Å². The van der Waals surface area contributed by atoms with Crippen molar-refractivity contribution in [2.75, 3.05) is 0 Å². The van der Waals surface area contributed by atoms with Crippen LogP contribution in [0.4, 0.5) is 0 Å². The molecule has 0 unspecified atom stereocenters. The molecule has 0 saturated heterocycles. The summed E-state index contributed by atoms with van der Waals surface area (Å²) in [5.41, 5.74) is 0.956. The number of rotatable bonds is 0. The van der Waals surface area contributed by atoms with Crippen molar-refractivity contribution in [3.05, 3.63) is 29.0 Å². The van der Waals surface area contributed by atoms with Crippen LogP contribution in [-0.2, 0) is 0 Å². The normalized spacial score (nSPS) is 7.27. The van der Waals surface area contributed by atoms with Gasteiger partial charge in [0.2, 0.25) is 0 Å². The molecule has 0 aromatic carbocycles. The fraction of sp³-hybridized carbons (Fsp3) is 0.375. The van der Waals surface area contributed by atoms with Crippen LogP contribution in [0.25, 0.3) is 0 Å². The summed E-state index contributed by atoms with van der Waals surface area (Å²) in [4.78, 5) is 3.96. The van der Waals surface area contributed by atoms with E-state index >= 15 is 0 Å². The van der Waals surface area contributed by atoms with E-state index in [1.54, 1.807) is 12.3 Å². The second-order valence-corrected chi connectivity index (χ2v) is 2.05. The first-order valence-electron chi connectivity index (χ1n) is 3.37. The molecule has 0 aliphatic heterocycles. The Kier molecular flexibility index (Phi) is 10.3. The Morgan fingerprint density at radius 2 is 1.91 bits per heavy atom.